The van der Waals surface area contributed by atoms with Crippen LogP contribution in [-0.2, 0) is 4.79 Å². The molecule has 0 aromatic carbocycles. The van der Waals surface area contributed by atoms with Crippen LogP contribution in [0.2, 0.25) is 5.31 Å². The summed E-state index contributed by atoms with van der Waals surface area (Å²) in [4.78, 5) is 13.0. The van der Waals surface area contributed by atoms with Crippen molar-refractivity contribution < 1.29 is 4.79 Å². The van der Waals surface area contributed by atoms with Gasteiger partial charge >= 0.3 is 0 Å². The van der Waals surface area contributed by atoms with Crippen molar-refractivity contribution >= 4 is 37.6 Å². The lowest BCUT2D eigenvalue weighted by molar-refractivity contribution is -0.131. The molecule has 3 unspecified atom stereocenters. The van der Waals surface area contributed by atoms with Crippen molar-refractivity contribution in [2.75, 3.05) is 6.26 Å². The number of carbonyl (C=O) groups is 1. The van der Waals surface area contributed by atoms with Gasteiger partial charge in [0.15, 0.2) is 0 Å². The maximum absolute atomic E-state index is 13.0. The Morgan fingerprint density at radius 1 is 1.03 bits per heavy atom. The molecule has 1 N–H and O–H groups in total. The highest BCUT2D eigenvalue weighted by atomic mass is 32.2. The van der Waals surface area contributed by atoms with Gasteiger partial charge in [-0.05, 0) is 35.8 Å². The molecule has 0 aliphatic carbocycles. The van der Waals surface area contributed by atoms with Crippen molar-refractivity contribution in [3.05, 3.63) is 0 Å². The Morgan fingerprint density at radius 2 is 1.55 bits per heavy atom. The van der Waals surface area contributed by atoms with E-state index in [-0.39, 0.29) is 32.6 Å². The molecular weight excluding hydrogens is 393 g/mol. The van der Waals surface area contributed by atoms with Crippen LogP contribution in [0.3, 0.4) is 0 Å². The molecule has 171 valence electrons. The molecule has 5 heteroatoms. The van der Waals surface area contributed by atoms with E-state index in [9.17, 15) is 4.79 Å². The highest BCUT2D eigenvalue weighted by Gasteiger charge is 2.38. The topological polar surface area (TPSA) is 29.1 Å². The van der Waals surface area contributed by atoms with Gasteiger partial charge in [0, 0.05) is 10.6 Å². The van der Waals surface area contributed by atoms with E-state index in [1.807, 2.05) is 0 Å². The summed E-state index contributed by atoms with van der Waals surface area (Å²) in [5.74, 6) is 0.779. The van der Waals surface area contributed by atoms with E-state index in [0.29, 0.717) is 5.92 Å². The lowest BCUT2D eigenvalue weighted by Gasteiger charge is -2.41. The third-order valence-corrected chi connectivity index (χ3v) is 8.43. The molecule has 0 aromatic heterocycles. The minimum atomic E-state index is -0.405. The summed E-state index contributed by atoms with van der Waals surface area (Å²) >= 11 is 6.58. The average molecular weight is 443 g/mol. The number of thioether (sulfide) groups is 1. The van der Waals surface area contributed by atoms with Gasteiger partial charge in [-0.15, -0.1) is 0 Å². The maximum atomic E-state index is 13.0. The van der Waals surface area contributed by atoms with Crippen molar-refractivity contribution in [1.82, 2.24) is 5.32 Å². The fourth-order valence-corrected chi connectivity index (χ4v) is 5.91. The van der Waals surface area contributed by atoms with Crippen LogP contribution < -0.4 is 5.32 Å². The van der Waals surface area contributed by atoms with Crippen LogP contribution >= 0.6 is 24.4 Å². The van der Waals surface area contributed by atoms with Gasteiger partial charge in [0.05, 0.1) is 5.37 Å². The van der Waals surface area contributed by atoms with Gasteiger partial charge in [0.1, 0.15) is 7.28 Å². The van der Waals surface area contributed by atoms with Gasteiger partial charge in [-0.25, -0.2) is 0 Å². The predicted octanol–water partition coefficient (Wildman–Crippen LogP) is 7.27. The van der Waals surface area contributed by atoms with Crippen molar-refractivity contribution in [3.63, 3.8) is 0 Å². The first-order valence-electron chi connectivity index (χ1n) is 11.3. The van der Waals surface area contributed by atoms with Gasteiger partial charge in [-0.3, -0.25) is 4.79 Å². The van der Waals surface area contributed by atoms with Gasteiger partial charge in [0.2, 0.25) is 5.91 Å². The number of carbonyl (C=O) groups excluding carboxylic acids is 1. The second-order valence-electron chi connectivity index (χ2n) is 11.8. The number of amides is 1. The molecule has 0 bridgehead atoms. The molecule has 0 rings (SSSR count). The third-order valence-electron chi connectivity index (χ3n) is 6.83. The quantitative estimate of drug-likeness (QED) is 0.178. The Bertz CT molecular complexity index is 517. The molecule has 0 saturated carbocycles. The fraction of sp³-hybridized carbons (Fsp3) is 0.958. The van der Waals surface area contributed by atoms with Gasteiger partial charge in [-0.2, -0.15) is 24.4 Å². The zero-order valence-electron chi connectivity index (χ0n) is 21.4. The third kappa shape index (κ3) is 9.93. The lowest BCUT2D eigenvalue weighted by Crippen LogP contribution is -2.48. The molecule has 0 aliphatic heterocycles. The molecule has 0 aliphatic rings. The fourth-order valence-electron chi connectivity index (χ4n) is 4.51. The smallest absolute Gasteiger partial charge is 0.226 e. The van der Waals surface area contributed by atoms with Gasteiger partial charge in [0.25, 0.3) is 0 Å². The molecule has 0 aromatic rings. The number of nitrogens with one attached hydrogen (secondary N) is 1. The Kier molecular flexibility index (Phi) is 11.3. The largest absolute Gasteiger partial charge is 0.344 e. The number of rotatable bonds is 13. The molecular formula is C24H49BNOS2. The second-order valence-corrected chi connectivity index (χ2v) is 13.4. The molecule has 2 nitrogen and oxygen atoms in total. The Morgan fingerprint density at radius 3 is 1.97 bits per heavy atom. The summed E-state index contributed by atoms with van der Waals surface area (Å²) in [5, 5.41) is 3.26. The van der Waals surface area contributed by atoms with E-state index < -0.39 is 5.41 Å². The van der Waals surface area contributed by atoms with Gasteiger partial charge < -0.3 is 5.32 Å². The summed E-state index contributed by atoms with van der Waals surface area (Å²) in [6.45, 7) is 24.8. The van der Waals surface area contributed by atoms with E-state index in [4.69, 9.17) is 12.6 Å². The Labute approximate surface area is 193 Å². The molecule has 1 radical (unpaired) electrons. The standard InChI is InChI=1S/C24H49BNOS2/c1-13-17(3)22(6,7)16-24(10,11)25-18(29-12)19(28)26-20(27)23(8,9)15-21(4,5)14-2/h17-19,28H,13-16H2,1-12H3,(H,26,27). The molecule has 0 saturated heterocycles. The average Bonchev–Trinajstić information content (AvgIpc) is 2.56. The summed E-state index contributed by atoms with van der Waals surface area (Å²) < 4.78 is 0. The molecule has 0 spiro atoms. The Balaban J connectivity index is 5.12. The van der Waals surface area contributed by atoms with Crippen molar-refractivity contribution in [1.29, 1.82) is 0 Å². The van der Waals surface area contributed by atoms with Crippen molar-refractivity contribution in [3.8, 4) is 0 Å². The molecule has 3 atom stereocenters. The predicted molar refractivity (Wildman–Crippen MR) is 138 cm³/mol. The van der Waals surface area contributed by atoms with Crippen LogP contribution in [0.1, 0.15) is 102 Å². The summed E-state index contributed by atoms with van der Waals surface area (Å²) in [7, 11) is 2.41. The minimum absolute atomic E-state index is 0.0754. The SMILES string of the molecule is CCC(C)C(C)(C)CC(C)(C)[B]C(SC)C(S)NC(=O)C(C)(C)CC(C)(C)CC. The first-order valence-corrected chi connectivity index (χ1v) is 13.1. The van der Waals surface area contributed by atoms with Crippen LogP contribution in [0.25, 0.3) is 0 Å². The van der Waals surface area contributed by atoms with Crippen LogP contribution in [-0.4, -0.2) is 30.0 Å². The van der Waals surface area contributed by atoms with Crippen LogP contribution in [0, 0.1) is 22.2 Å². The highest BCUT2D eigenvalue weighted by Crippen LogP contribution is 2.45. The van der Waals surface area contributed by atoms with Crippen molar-refractivity contribution in [2.24, 2.45) is 22.2 Å². The van der Waals surface area contributed by atoms with Crippen LogP contribution in [0.15, 0.2) is 0 Å². The summed E-state index contributed by atoms with van der Waals surface area (Å²) in [5.41, 5.74) is 0.0276. The first-order chi connectivity index (χ1) is 12.9. The van der Waals surface area contributed by atoms with E-state index in [2.05, 4.69) is 95.0 Å². The molecule has 29 heavy (non-hydrogen) atoms. The molecule has 0 heterocycles. The normalized spacial score (nSPS) is 16.9. The van der Waals surface area contributed by atoms with Crippen LogP contribution in [0.4, 0.5) is 0 Å². The van der Waals surface area contributed by atoms with Crippen molar-refractivity contribution in [2.45, 2.75) is 118 Å². The highest BCUT2D eigenvalue weighted by molar-refractivity contribution is 8.01. The molecule has 1 amide bonds. The first kappa shape index (κ1) is 29.2. The second kappa shape index (κ2) is 11.2. The molecule has 0 fully saturated rings. The zero-order chi connectivity index (χ0) is 23.3. The number of hydrogen-bond donors (Lipinski definition) is 2. The van der Waals surface area contributed by atoms with E-state index in [0.717, 1.165) is 19.3 Å². The van der Waals surface area contributed by atoms with E-state index in [1.165, 1.54) is 6.42 Å². The van der Waals surface area contributed by atoms with E-state index in [1.54, 1.807) is 11.8 Å². The lowest BCUT2D eigenvalue weighted by atomic mass is 9.47. The monoisotopic (exact) mass is 442 g/mol. The van der Waals surface area contributed by atoms with Crippen LogP contribution in [0.5, 0.6) is 0 Å². The number of hydrogen-bond acceptors (Lipinski definition) is 3. The summed E-state index contributed by atoms with van der Waals surface area (Å²) in [6, 6.07) is 0. The number of thiol groups is 1. The van der Waals surface area contributed by atoms with E-state index >= 15 is 0 Å². The van der Waals surface area contributed by atoms with Gasteiger partial charge in [-0.1, -0.05) is 94.3 Å². The Hall–Kier alpha value is 0.235. The minimum Gasteiger partial charge on any atom is -0.344 e. The maximum Gasteiger partial charge on any atom is 0.226 e. The summed E-state index contributed by atoms with van der Waals surface area (Å²) in [6.07, 6.45) is 6.36. The zero-order valence-corrected chi connectivity index (χ0v) is 23.1.